The van der Waals surface area contributed by atoms with Crippen molar-refractivity contribution in [3.05, 3.63) is 65.0 Å². The maximum absolute atomic E-state index is 13.2. The number of halogens is 1. The van der Waals surface area contributed by atoms with Gasteiger partial charge in [0.1, 0.15) is 5.82 Å². The molecule has 0 saturated carbocycles. The summed E-state index contributed by atoms with van der Waals surface area (Å²) in [7, 11) is 0. The number of nitrogens with zero attached hydrogens (tertiary/aromatic N) is 1. The van der Waals surface area contributed by atoms with Crippen molar-refractivity contribution >= 4 is 40.2 Å². The molecule has 4 rings (SSSR count). The number of carbonyl (C=O) groups is 2. The molecular formula is C23H24ClN5O2. The van der Waals surface area contributed by atoms with Crippen molar-refractivity contribution < 1.29 is 9.59 Å². The van der Waals surface area contributed by atoms with E-state index < -0.39 is 0 Å². The Morgan fingerprint density at radius 2 is 2.03 bits per heavy atom. The number of unbranched alkanes of at least 4 members (excludes halogenated alkanes) is 1. The highest BCUT2D eigenvalue weighted by molar-refractivity contribution is 6.28. The second kappa shape index (κ2) is 9.31. The first-order valence-corrected chi connectivity index (χ1v) is 10.9. The molecule has 31 heavy (non-hydrogen) atoms. The first kappa shape index (κ1) is 21.1. The maximum Gasteiger partial charge on any atom is 0.252 e. The zero-order chi connectivity index (χ0) is 21.8. The molecular weight excluding hydrogens is 414 g/mol. The molecule has 0 saturated heterocycles. The fourth-order valence-electron chi connectivity index (χ4n) is 3.87. The number of aromatic nitrogens is 2. The average molecular weight is 438 g/mol. The molecule has 1 atom stereocenters. The summed E-state index contributed by atoms with van der Waals surface area (Å²) in [6, 6.07) is 12.7. The number of fused-ring (bicyclic) bond motifs is 2. The second-order valence-electron chi connectivity index (χ2n) is 7.67. The minimum atomic E-state index is -0.342. The third kappa shape index (κ3) is 4.61. The molecule has 1 aliphatic rings. The van der Waals surface area contributed by atoms with Crippen LogP contribution >= 0.6 is 11.6 Å². The van der Waals surface area contributed by atoms with E-state index in [0.717, 1.165) is 29.4 Å². The van der Waals surface area contributed by atoms with Gasteiger partial charge in [-0.15, -0.1) is 11.6 Å². The van der Waals surface area contributed by atoms with E-state index in [1.54, 1.807) is 12.1 Å². The van der Waals surface area contributed by atoms with E-state index in [1.807, 2.05) is 30.3 Å². The molecule has 0 radical (unpaired) electrons. The van der Waals surface area contributed by atoms with Gasteiger partial charge in [0.25, 0.3) is 11.8 Å². The molecule has 0 fully saturated rings. The minimum absolute atomic E-state index is 0.222. The number of carbonyl (C=O) groups excluding carboxylic acids is 2. The Balaban J connectivity index is 1.55. The molecule has 3 aromatic rings. The highest BCUT2D eigenvalue weighted by Crippen LogP contribution is 2.24. The molecule has 8 heteroatoms. The number of aromatic amines is 1. The number of imidazole rings is 1. The zero-order valence-electron chi connectivity index (χ0n) is 17.0. The van der Waals surface area contributed by atoms with Crippen LogP contribution < -0.4 is 10.6 Å². The van der Waals surface area contributed by atoms with Gasteiger partial charge in [-0.05, 0) is 43.0 Å². The van der Waals surface area contributed by atoms with Gasteiger partial charge in [-0.2, -0.15) is 0 Å². The smallest absolute Gasteiger partial charge is 0.252 e. The Hall–Kier alpha value is -3.19. The van der Waals surface area contributed by atoms with E-state index in [4.69, 9.17) is 17.0 Å². The van der Waals surface area contributed by atoms with Crippen LogP contribution in [0.3, 0.4) is 0 Å². The first-order valence-electron chi connectivity index (χ1n) is 10.3. The van der Waals surface area contributed by atoms with Gasteiger partial charge in [-0.25, -0.2) is 4.98 Å². The van der Waals surface area contributed by atoms with Gasteiger partial charge >= 0.3 is 0 Å². The van der Waals surface area contributed by atoms with Gasteiger partial charge in [-0.1, -0.05) is 30.7 Å². The van der Waals surface area contributed by atoms with E-state index in [9.17, 15) is 9.59 Å². The third-order valence-corrected chi connectivity index (χ3v) is 5.81. The van der Waals surface area contributed by atoms with E-state index >= 15 is 0 Å². The molecule has 7 nitrogen and oxygen atoms in total. The van der Waals surface area contributed by atoms with Crippen molar-refractivity contribution in [1.82, 2.24) is 20.6 Å². The largest absolute Gasteiger partial charge is 0.348 e. The Bertz CT molecular complexity index is 1110. The lowest BCUT2D eigenvalue weighted by Gasteiger charge is -2.18. The van der Waals surface area contributed by atoms with E-state index in [-0.39, 0.29) is 23.7 Å². The molecule has 160 valence electrons. The summed E-state index contributed by atoms with van der Waals surface area (Å²) in [4.78, 5) is 33.3. The summed E-state index contributed by atoms with van der Waals surface area (Å²) >= 11 is 5.70. The van der Waals surface area contributed by atoms with Gasteiger partial charge in [0.15, 0.2) is 0 Å². The predicted molar refractivity (Wildman–Crippen MR) is 121 cm³/mol. The molecule has 0 unspecified atom stereocenters. The van der Waals surface area contributed by atoms with Crippen LogP contribution in [0.2, 0.25) is 0 Å². The number of hydrogen-bond acceptors (Lipinski definition) is 4. The van der Waals surface area contributed by atoms with Crippen molar-refractivity contribution in [2.75, 3.05) is 5.88 Å². The fourth-order valence-corrected chi connectivity index (χ4v) is 4.01. The van der Waals surface area contributed by atoms with E-state index in [0.29, 0.717) is 42.0 Å². The van der Waals surface area contributed by atoms with Gasteiger partial charge in [-0.3, -0.25) is 9.59 Å². The number of nitrogens with one attached hydrogen (secondary N) is 4. The standard InChI is InChI=1S/C23H24ClN5O2/c24-12-15(25)7-1-2-11-19(21-27-17-9-3-4-10-18(17)28-21)29-22(30)16-8-5-6-14-13-26-23(31)20(14)16/h3-6,8-10,19,25H,1-2,7,11-13H2,(H,26,31)(H,27,28)(H,29,30)/t19-/m0/s1. The van der Waals surface area contributed by atoms with Crippen LogP contribution in [-0.2, 0) is 6.54 Å². The topological polar surface area (TPSA) is 111 Å². The van der Waals surface area contributed by atoms with Crippen molar-refractivity contribution in [3.8, 4) is 0 Å². The number of alkyl halides is 1. The zero-order valence-corrected chi connectivity index (χ0v) is 17.8. The quantitative estimate of drug-likeness (QED) is 0.230. The summed E-state index contributed by atoms with van der Waals surface area (Å²) in [6.07, 6.45) is 2.90. The lowest BCUT2D eigenvalue weighted by molar-refractivity contribution is 0.0912. The number of benzene rings is 2. The lowest BCUT2D eigenvalue weighted by atomic mass is 10.0. The van der Waals surface area contributed by atoms with Gasteiger partial charge in [0.2, 0.25) is 0 Å². The normalized spacial score (nSPS) is 13.6. The number of hydrogen-bond donors (Lipinski definition) is 4. The van der Waals surface area contributed by atoms with Crippen LogP contribution in [0.5, 0.6) is 0 Å². The molecule has 1 aliphatic heterocycles. The van der Waals surface area contributed by atoms with Gasteiger partial charge < -0.3 is 21.0 Å². The summed E-state index contributed by atoms with van der Waals surface area (Å²) in [6.45, 7) is 0.439. The lowest BCUT2D eigenvalue weighted by Crippen LogP contribution is -2.31. The van der Waals surface area contributed by atoms with E-state index in [1.165, 1.54) is 0 Å². The summed E-state index contributed by atoms with van der Waals surface area (Å²) in [5.41, 5.74) is 3.90. The highest BCUT2D eigenvalue weighted by atomic mass is 35.5. The number of rotatable bonds is 9. The Kier molecular flexibility index (Phi) is 6.32. The molecule has 4 N–H and O–H groups in total. The number of amides is 2. The molecule has 2 heterocycles. The van der Waals surface area contributed by atoms with E-state index in [2.05, 4.69) is 20.6 Å². The van der Waals surface area contributed by atoms with Crippen LogP contribution in [0.25, 0.3) is 11.0 Å². The van der Waals surface area contributed by atoms with Crippen LogP contribution in [-0.4, -0.2) is 33.4 Å². The van der Waals surface area contributed by atoms with Crippen LogP contribution in [0.1, 0.15) is 63.8 Å². The molecule has 1 aromatic heterocycles. The highest BCUT2D eigenvalue weighted by Gasteiger charge is 2.27. The predicted octanol–water partition coefficient (Wildman–Crippen LogP) is 4.10. The van der Waals surface area contributed by atoms with Gasteiger partial charge in [0.05, 0.1) is 34.1 Å². The Morgan fingerprint density at radius 3 is 2.84 bits per heavy atom. The summed E-state index contributed by atoms with van der Waals surface area (Å²) in [5.74, 6) is 0.401. The van der Waals surface area contributed by atoms with Crippen molar-refractivity contribution in [2.24, 2.45) is 0 Å². The summed E-state index contributed by atoms with van der Waals surface area (Å²) < 4.78 is 0. The molecule has 0 bridgehead atoms. The van der Waals surface area contributed by atoms with Crippen molar-refractivity contribution in [2.45, 2.75) is 38.3 Å². The molecule has 0 spiro atoms. The maximum atomic E-state index is 13.2. The third-order valence-electron chi connectivity index (χ3n) is 5.49. The molecule has 2 amide bonds. The van der Waals surface area contributed by atoms with Crippen LogP contribution in [0.4, 0.5) is 0 Å². The van der Waals surface area contributed by atoms with Crippen molar-refractivity contribution in [1.29, 1.82) is 5.41 Å². The number of para-hydroxylation sites is 2. The Labute approximate surface area is 185 Å². The second-order valence-corrected chi connectivity index (χ2v) is 7.94. The average Bonchev–Trinajstić information content (AvgIpc) is 3.39. The molecule has 2 aromatic carbocycles. The SMILES string of the molecule is N=C(CCl)CCCC[C@H](NC(=O)c1cccc2c1C(=O)NC2)c1nc2ccccc2[nH]1. The monoisotopic (exact) mass is 437 g/mol. The molecule has 0 aliphatic carbocycles. The number of H-pyrrole nitrogens is 1. The fraction of sp³-hybridized carbons (Fsp3) is 0.304. The van der Waals surface area contributed by atoms with Crippen LogP contribution in [0.15, 0.2) is 42.5 Å². The first-order chi connectivity index (χ1) is 15.1. The minimum Gasteiger partial charge on any atom is -0.348 e. The van der Waals surface area contributed by atoms with Crippen molar-refractivity contribution in [3.63, 3.8) is 0 Å². The summed E-state index contributed by atoms with van der Waals surface area (Å²) in [5, 5.41) is 13.6. The van der Waals surface area contributed by atoms with Crippen LogP contribution in [0, 0.1) is 5.41 Å². The van der Waals surface area contributed by atoms with Gasteiger partial charge in [0, 0.05) is 12.3 Å². The Morgan fingerprint density at radius 1 is 1.19 bits per heavy atom.